The van der Waals surface area contributed by atoms with Gasteiger partial charge in [0.15, 0.2) is 0 Å². The molecule has 0 bridgehead atoms. The second-order valence-corrected chi connectivity index (χ2v) is 5.10. The van der Waals surface area contributed by atoms with Crippen LogP contribution in [0.1, 0.15) is 18.4 Å². The number of anilines is 1. The van der Waals surface area contributed by atoms with E-state index in [1.54, 1.807) is 30.3 Å². The van der Waals surface area contributed by atoms with Gasteiger partial charge in [-0.3, -0.25) is 14.4 Å². The predicted molar refractivity (Wildman–Crippen MR) is 80.7 cm³/mol. The second kappa shape index (κ2) is 6.84. The first-order valence-electron chi connectivity index (χ1n) is 6.92. The molecule has 1 fully saturated rings. The molecule has 7 heteroatoms. The molecule has 1 aliphatic rings. The third-order valence-electron chi connectivity index (χ3n) is 3.35. The van der Waals surface area contributed by atoms with Crippen LogP contribution in [0.25, 0.3) is 0 Å². The van der Waals surface area contributed by atoms with Crippen molar-refractivity contribution in [3.63, 3.8) is 0 Å². The molecule has 1 saturated heterocycles. The van der Waals surface area contributed by atoms with E-state index in [0.717, 1.165) is 11.6 Å². The fourth-order valence-corrected chi connectivity index (χ4v) is 2.19. The molecule has 2 rings (SSSR count). The summed E-state index contributed by atoms with van der Waals surface area (Å²) in [5.41, 5.74) is 0.830. The maximum absolute atomic E-state index is 12.2. The summed E-state index contributed by atoms with van der Waals surface area (Å²) in [4.78, 5) is 40.1. The van der Waals surface area contributed by atoms with Gasteiger partial charge in [-0.1, -0.05) is 12.6 Å². The number of likely N-dealkylation sites (N-methyl/N-ethyl adjacent to an activating group) is 1. The molecule has 0 radical (unpaired) electrons. The molecular weight excluding hydrogens is 284 g/mol. The van der Waals surface area contributed by atoms with Crippen molar-refractivity contribution in [2.45, 2.75) is 25.4 Å². The maximum atomic E-state index is 12.2. The molecule has 3 amide bonds. The lowest BCUT2D eigenvalue weighted by Gasteiger charge is -2.21. The largest absolute Gasteiger partial charge is 0.344 e. The van der Waals surface area contributed by atoms with Crippen LogP contribution in [0.3, 0.4) is 0 Å². The van der Waals surface area contributed by atoms with Crippen molar-refractivity contribution in [1.82, 2.24) is 15.2 Å². The highest BCUT2D eigenvalue weighted by molar-refractivity contribution is 5.98. The summed E-state index contributed by atoms with van der Waals surface area (Å²) in [5.74, 6) is -0.110. The van der Waals surface area contributed by atoms with Crippen LogP contribution in [-0.4, -0.2) is 40.7 Å². The van der Waals surface area contributed by atoms with E-state index in [1.165, 1.54) is 0 Å². The molecule has 1 atom stereocenters. The molecule has 0 spiro atoms. The summed E-state index contributed by atoms with van der Waals surface area (Å²) in [6.07, 6.45) is 3.68. The van der Waals surface area contributed by atoms with Crippen molar-refractivity contribution in [2.24, 2.45) is 0 Å². The maximum Gasteiger partial charge on any atom is 0.248 e. The van der Waals surface area contributed by atoms with E-state index in [0.29, 0.717) is 25.2 Å². The van der Waals surface area contributed by atoms with Crippen molar-refractivity contribution in [3.8, 4) is 0 Å². The number of carbonyl (C=O) groups excluding carboxylic acids is 3. The van der Waals surface area contributed by atoms with Gasteiger partial charge in [-0.25, -0.2) is 4.98 Å². The lowest BCUT2D eigenvalue weighted by molar-refractivity contribution is -0.133. The lowest BCUT2D eigenvalue weighted by atomic mass is 10.2. The first kappa shape index (κ1) is 15.7. The fraction of sp³-hybridized carbons (Fsp3) is 0.333. The predicted octanol–water partition coefficient (Wildman–Crippen LogP) is 0.443. The highest BCUT2D eigenvalue weighted by Crippen LogP contribution is 2.12. The number of hydrogen-bond acceptors (Lipinski definition) is 4. The highest BCUT2D eigenvalue weighted by atomic mass is 16.2. The quantitative estimate of drug-likeness (QED) is 0.772. The Balaban J connectivity index is 1.92. The van der Waals surface area contributed by atoms with Gasteiger partial charge in [-0.15, -0.1) is 0 Å². The number of aromatic nitrogens is 1. The number of nitrogens with one attached hydrogen (secondary N) is 2. The minimum atomic E-state index is -0.434. The Labute approximate surface area is 128 Å². The van der Waals surface area contributed by atoms with Gasteiger partial charge in [-0.2, -0.15) is 0 Å². The Hall–Kier alpha value is -2.70. The lowest BCUT2D eigenvalue weighted by Crippen LogP contribution is -2.42. The smallest absolute Gasteiger partial charge is 0.248 e. The van der Waals surface area contributed by atoms with Crippen LogP contribution >= 0.6 is 0 Å². The van der Waals surface area contributed by atoms with Gasteiger partial charge in [0.2, 0.25) is 17.7 Å². The topological polar surface area (TPSA) is 91.4 Å². The van der Waals surface area contributed by atoms with E-state index in [9.17, 15) is 14.4 Å². The van der Waals surface area contributed by atoms with Crippen LogP contribution in [0.4, 0.5) is 5.82 Å². The average molecular weight is 302 g/mol. The van der Waals surface area contributed by atoms with Gasteiger partial charge >= 0.3 is 0 Å². The van der Waals surface area contributed by atoms with E-state index in [-0.39, 0.29) is 17.7 Å². The minimum absolute atomic E-state index is 0.0873. The summed E-state index contributed by atoms with van der Waals surface area (Å²) < 4.78 is 0. The van der Waals surface area contributed by atoms with Crippen molar-refractivity contribution in [2.75, 3.05) is 12.4 Å². The van der Waals surface area contributed by atoms with Crippen molar-refractivity contribution in [3.05, 3.63) is 36.5 Å². The van der Waals surface area contributed by atoms with Gasteiger partial charge in [0.1, 0.15) is 11.9 Å². The first-order valence-corrected chi connectivity index (χ1v) is 6.92. The number of amides is 3. The van der Waals surface area contributed by atoms with Crippen LogP contribution in [0.15, 0.2) is 31.0 Å². The van der Waals surface area contributed by atoms with Crippen molar-refractivity contribution < 1.29 is 14.4 Å². The molecule has 116 valence electrons. The zero-order valence-electron chi connectivity index (χ0n) is 12.3. The zero-order chi connectivity index (χ0) is 16.1. The number of hydrogen-bond donors (Lipinski definition) is 2. The van der Waals surface area contributed by atoms with Gasteiger partial charge in [0, 0.05) is 26.2 Å². The third-order valence-corrected chi connectivity index (χ3v) is 3.35. The molecule has 1 aliphatic heterocycles. The number of carbonyl (C=O) groups is 3. The highest BCUT2D eigenvalue weighted by Gasteiger charge is 2.29. The second-order valence-electron chi connectivity index (χ2n) is 5.10. The molecule has 1 aromatic rings. The van der Waals surface area contributed by atoms with Crippen LogP contribution in [0.2, 0.25) is 0 Å². The Morgan fingerprint density at radius 2 is 2.32 bits per heavy atom. The van der Waals surface area contributed by atoms with E-state index in [4.69, 9.17) is 0 Å². The van der Waals surface area contributed by atoms with E-state index in [1.807, 2.05) is 0 Å². The average Bonchev–Trinajstić information content (AvgIpc) is 2.94. The summed E-state index contributed by atoms with van der Waals surface area (Å²) in [5, 5.41) is 5.20. The molecule has 0 aliphatic carbocycles. The third kappa shape index (κ3) is 3.91. The normalized spacial score (nSPS) is 16.8. The van der Waals surface area contributed by atoms with Gasteiger partial charge in [-0.05, 0) is 24.1 Å². The van der Waals surface area contributed by atoms with E-state index >= 15 is 0 Å². The Morgan fingerprint density at radius 3 is 2.86 bits per heavy atom. The summed E-state index contributed by atoms with van der Waals surface area (Å²) in [7, 11) is 1.68. The monoisotopic (exact) mass is 302 g/mol. The Bertz CT molecular complexity index is 597. The summed E-state index contributed by atoms with van der Waals surface area (Å²) in [6, 6.07) is 3.01. The van der Waals surface area contributed by atoms with Gasteiger partial charge in [0.25, 0.3) is 0 Å². The number of pyridine rings is 1. The fourth-order valence-electron chi connectivity index (χ4n) is 2.19. The molecule has 1 aromatic heterocycles. The molecular formula is C15H18N4O3. The molecule has 0 saturated carbocycles. The van der Waals surface area contributed by atoms with Gasteiger partial charge < -0.3 is 15.5 Å². The van der Waals surface area contributed by atoms with E-state index < -0.39 is 6.04 Å². The Morgan fingerprint density at radius 1 is 1.55 bits per heavy atom. The molecule has 22 heavy (non-hydrogen) atoms. The number of rotatable bonds is 5. The Kier molecular flexibility index (Phi) is 4.88. The van der Waals surface area contributed by atoms with Crippen LogP contribution in [0, 0.1) is 0 Å². The standard InChI is InChI=1S/C15H18N4O3/c1-3-13(20)18-12-6-4-10(8-16-12)9-19(2)15(22)11-5-7-14(21)17-11/h3-4,6,8,11H,1,5,7,9H2,2H3,(H,17,21)(H,16,18,20)/t11-/m0/s1. The molecule has 7 nitrogen and oxygen atoms in total. The molecule has 0 unspecified atom stereocenters. The summed E-state index contributed by atoms with van der Waals surface area (Å²) >= 11 is 0. The van der Waals surface area contributed by atoms with Crippen LogP contribution < -0.4 is 10.6 Å². The molecule has 2 heterocycles. The molecule has 0 aromatic carbocycles. The summed E-state index contributed by atoms with van der Waals surface area (Å²) in [6.45, 7) is 3.75. The molecule has 2 N–H and O–H groups in total. The SMILES string of the molecule is C=CC(=O)Nc1ccc(CN(C)C(=O)[C@@H]2CCC(=O)N2)cn1. The number of nitrogens with zero attached hydrogens (tertiary/aromatic N) is 2. The van der Waals surface area contributed by atoms with Crippen molar-refractivity contribution >= 4 is 23.5 Å². The first-order chi connectivity index (χ1) is 10.5. The van der Waals surface area contributed by atoms with Gasteiger partial charge in [0.05, 0.1) is 0 Å². The van der Waals surface area contributed by atoms with Crippen molar-refractivity contribution in [1.29, 1.82) is 0 Å². The van der Waals surface area contributed by atoms with E-state index in [2.05, 4.69) is 22.2 Å². The zero-order valence-corrected chi connectivity index (χ0v) is 12.3. The minimum Gasteiger partial charge on any atom is -0.344 e. The van der Waals surface area contributed by atoms with Crippen LogP contribution in [0.5, 0.6) is 0 Å². The van der Waals surface area contributed by atoms with Crippen LogP contribution in [-0.2, 0) is 20.9 Å².